The van der Waals surface area contributed by atoms with E-state index in [0.717, 1.165) is 27.4 Å². The summed E-state index contributed by atoms with van der Waals surface area (Å²) in [5.74, 6) is -0.0671. The molecule has 0 bridgehead atoms. The molecule has 0 N–H and O–H groups in total. The van der Waals surface area contributed by atoms with Gasteiger partial charge in [0.2, 0.25) is 10.0 Å². The second kappa shape index (κ2) is 9.13. The third-order valence-corrected chi connectivity index (χ3v) is 8.92. The highest BCUT2D eigenvalue weighted by Gasteiger charge is 2.31. The summed E-state index contributed by atoms with van der Waals surface area (Å²) in [5, 5.41) is 0.910. The minimum Gasteiger partial charge on any atom is -0.335 e. The molecule has 1 aromatic heterocycles. The lowest BCUT2D eigenvalue weighted by Gasteiger charge is -2.34. The normalized spacial score (nSPS) is 15.2. The van der Waals surface area contributed by atoms with Crippen LogP contribution in [0.5, 0.6) is 0 Å². The third-order valence-electron chi connectivity index (χ3n) is 5.88. The first-order valence-electron chi connectivity index (χ1n) is 10.6. The predicted octanol–water partition coefficient (Wildman–Crippen LogP) is 3.81. The first-order chi connectivity index (χ1) is 15.3. The van der Waals surface area contributed by atoms with Crippen LogP contribution in [-0.2, 0) is 16.4 Å². The molecule has 0 spiro atoms. The van der Waals surface area contributed by atoms with Crippen molar-refractivity contribution >= 4 is 27.3 Å². The van der Waals surface area contributed by atoms with E-state index in [2.05, 4.69) is 4.98 Å². The molecule has 0 atom stereocenters. The number of aryl methyl sites for hydroxylation is 3. The zero-order chi connectivity index (χ0) is 22.9. The molecule has 2 aromatic carbocycles. The van der Waals surface area contributed by atoms with Crippen molar-refractivity contribution in [2.45, 2.75) is 32.1 Å². The largest absolute Gasteiger partial charge is 0.335 e. The van der Waals surface area contributed by atoms with Gasteiger partial charge in [0, 0.05) is 32.6 Å². The number of amides is 1. The molecule has 168 valence electrons. The summed E-state index contributed by atoms with van der Waals surface area (Å²) in [5.41, 5.74) is 3.90. The van der Waals surface area contributed by atoms with Crippen LogP contribution < -0.4 is 0 Å². The van der Waals surface area contributed by atoms with Gasteiger partial charge in [0.05, 0.1) is 15.6 Å². The van der Waals surface area contributed by atoms with E-state index in [0.29, 0.717) is 29.3 Å². The number of benzene rings is 2. The quantitative estimate of drug-likeness (QED) is 0.570. The van der Waals surface area contributed by atoms with Gasteiger partial charge in [-0.3, -0.25) is 4.79 Å². The van der Waals surface area contributed by atoms with E-state index < -0.39 is 10.0 Å². The molecule has 1 amide bonds. The fourth-order valence-corrected chi connectivity index (χ4v) is 6.37. The van der Waals surface area contributed by atoms with Crippen LogP contribution in [0.2, 0.25) is 0 Å². The van der Waals surface area contributed by atoms with Crippen LogP contribution in [0.1, 0.15) is 37.1 Å². The Morgan fingerprint density at radius 1 is 0.969 bits per heavy atom. The molecule has 0 aliphatic carbocycles. The van der Waals surface area contributed by atoms with E-state index in [-0.39, 0.29) is 19.0 Å². The molecule has 1 aliphatic heterocycles. The summed E-state index contributed by atoms with van der Waals surface area (Å²) in [6.45, 7) is 7.05. The number of thiazole rings is 1. The Bertz CT molecular complexity index is 1230. The van der Waals surface area contributed by atoms with E-state index in [1.165, 1.54) is 15.6 Å². The van der Waals surface area contributed by atoms with Crippen LogP contribution in [0.4, 0.5) is 0 Å². The van der Waals surface area contributed by atoms with Crippen LogP contribution in [0.3, 0.4) is 0 Å². The molecular weight excluding hydrogens is 442 g/mol. The van der Waals surface area contributed by atoms with Crippen molar-refractivity contribution in [3.8, 4) is 0 Å². The fourth-order valence-electron chi connectivity index (χ4n) is 3.80. The first kappa shape index (κ1) is 22.6. The van der Waals surface area contributed by atoms with Crippen molar-refractivity contribution in [3.05, 3.63) is 80.8 Å². The lowest BCUT2D eigenvalue weighted by Crippen LogP contribution is -2.50. The van der Waals surface area contributed by atoms with Gasteiger partial charge in [0.1, 0.15) is 4.88 Å². The second-order valence-electron chi connectivity index (χ2n) is 8.13. The molecule has 3 aromatic rings. The number of carbonyl (C=O) groups is 1. The maximum Gasteiger partial charge on any atom is 0.265 e. The summed E-state index contributed by atoms with van der Waals surface area (Å²) in [6, 6.07) is 15.3. The van der Waals surface area contributed by atoms with Crippen molar-refractivity contribution in [3.63, 3.8) is 0 Å². The van der Waals surface area contributed by atoms with Crippen molar-refractivity contribution in [2.75, 3.05) is 26.2 Å². The highest BCUT2D eigenvalue weighted by molar-refractivity contribution is 7.89. The van der Waals surface area contributed by atoms with Gasteiger partial charge in [0.25, 0.3) is 5.91 Å². The average Bonchev–Trinajstić information content (AvgIpc) is 3.15. The van der Waals surface area contributed by atoms with Gasteiger partial charge in [-0.25, -0.2) is 13.4 Å². The van der Waals surface area contributed by atoms with Gasteiger partial charge in [-0.1, -0.05) is 36.4 Å². The number of rotatable bonds is 5. The van der Waals surface area contributed by atoms with E-state index in [4.69, 9.17) is 0 Å². The maximum absolute atomic E-state index is 13.1. The van der Waals surface area contributed by atoms with Crippen LogP contribution in [0.25, 0.3) is 0 Å². The Morgan fingerprint density at radius 3 is 2.31 bits per heavy atom. The molecular formula is C24H27N3O3S2. The summed E-state index contributed by atoms with van der Waals surface area (Å²) >= 11 is 1.43. The SMILES string of the molecule is Cc1ccc(S(=O)(=O)N2CCN(C(=O)c3sc(Cc4ccccc4)nc3C)CC2)cc1C. The number of aromatic nitrogens is 1. The van der Waals surface area contributed by atoms with E-state index in [9.17, 15) is 13.2 Å². The Morgan fingerprint density at radius 2 is 1.66 bits per heavy atom. The lowest BCUT2D eigenvalue weighted by atomic mass is 10.1. The monoisotopic (exact) mass is 469 g/mol. The van der Waals surface area contributed by atoms with Gasteiger partial charge in [0.15, 0.2) is 0 Å². The number of hydrogen-bond donors (Lipinski definition) is 0. The lowest BCUT2D eigenvalue weighted by molar-refractivity contribution is 0.0702. The maximum atomic E-state index is 13.1. The third kappa shape index (κ3) is 4.62. The number of hydrogen-bond acceptors (Lipinski definition) is 5. The Hall–Kier alpha value is -2.55. The van der Waals surface area contributed by atoms with Crippen LogP contribution in [0.15, 0.2) is 53.4 Å². The molecule has 1 saturated heterocycles. The Balaban J connectivity index is 1.43. The highest BCUT2D eigenvalue weighted by Crippen LogP contribution is 2.25. The number of sulfonamides is 1. The molecule has 8 heteroatoms. The summed E-state index contributed by atoms with van der Waals surface area (Å²) < 4.78 is 27.6. The summed E-state index contributed by atoms with van der Waals surface area (Å²) in [7, 11) is -3.57. The van der Waals surface area contributed by atoms with Gasteiger partial charge < -0.3 is 4.90 Å². The minimum atomic E-state index is -3.57. The zero-order valence-corrected chi connectivity index (χ0v) is 20.2. The Kier molecular flexibility index (Phi) is 6.46. The van der Waals surface area contributed by atoms with Crippen molar-refractivity contribution in [2.24, 2.45) is 0 Å². The molecule has 4 rings (SSSR count). The number of piperazine rings is 1. The standard InChI is InChI=1S/C24H27N3O3S2/c1-17-9-10-21(15-18(17)2)32(29,30)27-13-11-26(12-14-27)24(28)23-19(3)25-22(31-23)16-20-7-5-4-6-8-20/h4-10,15H,11-14,16H2,1-3H3. The zero-order valence-electron chi connectivity index (χ0n) is 18.5. The highest BCUT2D eigenvalue weighted by atomic mass is 32.2. The number of carbonyl (C=O) groups excluding carboxylic acids is 1. The smallest absolute Gasteiger partial charge is 0.265 e. The summed E-state index contributed by atoms with van der Waals surface area (Å²) in [6.07, 6.45) is 0.696. The Labute approximate surface area is 193 Å². The first-order valence-corrected chi connectivity index (χ1v) is 12.9. The van der Waals surface area contributed by atoms with Gasteiger partial charge in [-0.2, -0.15) is 4.31 Å². The van der Waals surface area contributed by atoms with Crippen molar-refractivity contribution < 1.29 is 13.2 Å². The van der Waals surface area contributed by atoms with Gasteiger partial charge in [-0.15, -0.1) is 11.3 Å². The predicted molar refractivity (Wildman–Crippen MR) is 127 cm³/mol. The molecule has 6 nitrogen and oxygen atoms in total. The van der Waals surface area contributed by atoms with Gasteiger partial charge in [-0.05, 0) is 49.6 Å². The molecule has 0 unspecified atom stereocenters. The molecule has 1 fully saturated rings. The van der Waals surface area contributed by atoms with E-state index in [1.807, 2.05) is 57.2 Å². The molecule has 2 heterocycles. The fraction of sp³-hybridized carbons (Fsp3) is 0.333. The second-order valence-corrected chi connectivity index (χ2v) is 11.1. The average molecular weight is 470 g/mol. The van der Waals surface area contributed by atoms with Gasteiger partial charge >= 0.3 is 0 Å². The van der Waals surface area contributed by atoms with Crippen molar-refractivity contribution in [1.82, 2.24) is 14.2 Å². The van der Waals surface area contributed by atoms with E-state index >= 15 is 0 Å². The molecule has 1 aliphatic rings. The van der Waals surface area contributed by atoms with Crippen LogP contribution in [0, 0.1) is 20.8 Å². The minimum absolute atomic E-state index is 0.0671. The molecule has 32 heavy (non-hydrogen) atoms. The van der Waals surface area contributed by atoms with Crippen LogP contribution in [-0.4, -0.2) is 54.7 Å². The van der Waals surface area contributed by atoms with Crippen molar-refractivity contribution in [1.29, 1.82) is 0 Å². The molecule has 0 saturated carbocycles. The number of nitrogens with zero attached hydrogens (tertiary/aromatic N) is 3. The summed E-state index contributed by atoms with van der Waals surface area (Å²) in [4.78, 5) is 20.4. The topological polar surface area (TPSA) is 70.6 Å². The van der Waals surface area contributed by atoms with E-state index in [1.54, 1.807) is 17.0 Å². The molecule has 0 radical (unpaired) electrons. The van der Waals surface area contributed by atoms with Crippen LogP contribution >= 0.6 is 11.3 Å².